The molecule has 1 aromatic rings. The average molecular weight is 233 g/mol. The third kappa shape index (κ3) is 3.20. The Hall–Kier alpha value is -1.06. The minimum absolute atomic E-state index is 0.568. The van der Waals surface area contributed by atoms with E-state index in [1.165, 1.54) is 11.3 Å². The highest BCUT2D eigenvalue weighted by Gasteiger charge is 2.18. The molecule has 0 spiro atoms. The quantitative estimate of drug-likeness (QED) is 0.850. The van der Waals surface area contributed by atoms with E-state index < -0.39 is 0 Å². The first kappa shape index (κ1) is 12.4. The number of benzene rings is 1. The Morgan fingerprint density at radius 3 is 2.88 bits per heavy atom. The van der Waals surface area contributed by atoms with Crippen LogP contribution in [0.25, 0.3) is 0 Å². The predicted molar refractivity (Wildman–Crippen MR) is 73.7 cm³/mol. The van der Waals surface area contributed by atoms with E-state index in [4.69, 9.17) is 0 Å². The first-order chi connectivity index (χ1) is 8.16. The predicted octanol–water partition coefficient (Wildman–Crippen LogP) is 1.33. The van der Waals surface area contributed by atoms with E-state index in [0.29, 0.717) is 6.04 Å². The number of hydrogen-bond acceptors (Lipinski definition) is 3. The minimum Gasteiger partial charge on any atom is -0.373 e. The molecule has 0 bridgehead atoms. The molecule has 0 aliphatic carbocycles. The van der Waals surface area contributed by atoms with E-state index in [1.807, 2.05) is 0 Å². The fourth-order valence-corrected chi connectivity index (χ4v) is 2.53. The van der Waals surface area contributed by atoms with Gasteiger partial charge in [-0.15, -0.1) is 0 Å². The van der Waals surface area contributed by atoms with Gasteiger partial charge >= 0.3 is 0 Å². The summed E-state index contributed by atoms with van der Waals surface area (Å²) in [5.41, 5.74) is 2.68. The molecule has 1 saturated heterocycles. The summed E-state index contributed by atoms with van der Waals surface area (Å²) < 4.78 is 0. The number of nitrogens with zero attached hydrogens (tertiary/aromatic N) is 2. The van der Waals surface area contributed by atoms with Crippen LogP contribution >= 0.6 is 0 Å². The van der Waals surface area contributed by atoms with Gasteiger partial charge in [0.1, 0.15) is 0 Å². The van der Waals surface area contributed by atoms with Crippen molar-refractivity contribution in [2.24, 2.45) is 0 Å². The fourth-order valence-electron chi connectivity index (χ4n) is 2.53. The first-order valence-electron chi connectivity index (χ1n) is 6.35. The molecule has 94 valence electrons. The molecule has 1 aliphatic rings. The smallest absolute Gasteiger partial charge is 0.0393 e. The molecule has 1 aliphatic heterocycles. The van der Waals surface area contributed by atoms with Gasteiger partial charge in [-0.25, -0.2) is 0 Å². The maximum atomic E-state index is 3.59. The number of piperazine rings is 1. The van der Waals surface area contributed by atoms with Crippen LogP contribution in [0.1, 0.15) is 5.56 Å². The monoisotopic (exact) mass is 233 g/mol. The van der Waals surface area contributed by atoms with Crippen LogP contribution < -0.4 is 10.2 Å². The maximum Gasteiger partial charge on any atom is 0.0393 e. The van der Waals surface area contributed by atoms with Crippen molar-refractivity contribution >= 4 is 5.69 Å². The molecule has 0 radical (unpaired) electrons. The highest BCUT2D eigenvalue weighted by atomic mass is 15.2. The summed E-state index contributed by atoms with van der Waals surface area (Å²) in [7, 11) is 4.38. The van der Waals surface area contributed by atoms with Crippen molar-refractivity contribution in [1.29, 1.82) is 0 Å². The summed E-state index contributed by atoms with van der Waals surface area (Å²) in [6.45, 7) is 6.63. The lowest BCUT2D eigenvalue weighted by atomic mass is 10.1. The van der Waals surface area contributed by atoms with Gasteiger partial charge in [-0.05, 0) is 25.6 Å². The molecule has 1 atom stereocenters. The third-order valence-corrected chi connectivity index (χ3v) is 3.48. The van der Waals surface area contributed by atoms with Crippen molar-refractivity contribution in [3.8, 4) is 0 Å². The number of likely N-dealkylation sites (N-methyl/N-ethyl adjacent to an activating group) is 2. The maximum absolute atomic E-state index is 3.59. The van der Waals surface area contributed by atoms with Crippen molar-refractivity contribution in [2.75, 3.05) is 45.2 Å². The second-order valence-electron chi connectivity index (χ2n) is 5.08. The molecular weight excluding hydrogens is 210 g/mol. The van der Waals surface area contributed by atoms with Gasteiger partial charge in [0.05, 0.1) is 0 Å². The molecule has 0 saturated carbocycles. The molecule has 17 heavy (non-hydrogen) atoms. The summed E-state index contributed by atoms with van der Waals surface area (Å²) in [6, 6.07) is 9.14. The molecule has 3 heteroatoms. The normalized spacial score (nSPS) is 21.5. The van der Waals surface area contributed by atoms with Crippen LogP contribution in [0.4, 0.5) is 5.69 Å². The van der Waals surface area contributed by atoms with Crippen LogP contribution in [0, 0.1) is 6.92 Å². The second kappa shape index (κ2) is 5.52. The highest BCUT2D eigenvalue weighted by molar-refractivity contribution is 5.52. The number of hydrogen-bond donors (Lipinski definition) is 1. The molecule has 1 fully saturated rings. The Balaban J connectivity index is 1.97. The molecule has 1 unspecified atom stereocenters. The molecule has 0 amide bonds. The van der Waals surface area contributed by atoms with Crippen LogP contribution in [0.5, 0.6) is 0 Å². The highest BCUT2D eigenvalue weighted by Crippen LogP contribution is 2.18. The van der Waals surface area contributed by atoms with Crippen LogP contribution in [-0.4, -0.2) is 51.2 Å². The van der Waals surface area contributed by atoms with Crippen molar-refractivity contribution in [2.45, 2.75) is 13.0 Å². The largest absolute Gasteiger partial charge is 0.373 e. The zero-order chi connectivity index (χ0) is 12.3. The molecular formula is C14H23N3. The van der Waals surface area contributed by atoms with Crippen molar-refractivity contribution in [3.63, 3.8) is 0 Å². The molecule has 1 heterocycles. The number of rotatable bonds is 3. The number of anilines is 1. The Bertz CT molecular complexity index is 364. The number of aryl methyl sites for hydroxylation is 1. The molecule has 0 aromatic heterocycles. The SMILES string of the molecule is Cc1ccccc1N(C)CC1CN(C)CCN1. The minimum atomic E-state index is 0.568. The van der Waals surface area contributed by atoms with Crippen LogP contribution in [0.3, 0.4) is 0 Å². The summed E-state index contributed by atoms with van der Waals surface area (Å²) in [5.74, 6) is 0. The fraction of sp³-hybridized carbons (Fsp3) is 0.571. The van der Waals surface area contributed by atoms with E-state index >= 15 is 0 Å². The Kier molecular flexibility index (Phi) is 4.02. The lowest BCUT2D eigenvalue weighted by Crippen LogP contribution is -2.53. The van der Waals surface area contributed by atoms with E-state index in [2.05, 4.69) is 60.4 Å². The van der Waals surface area contributed by atoms with E-state index in [9.17, 15) is 0 Å². The third-order valence-electron chi connectivity index (χ3n) is 3.48. The summed E-state index contributed by atoms with van der Waals surface area (Å²) in [4.78, 5) is 4.75. The first-order valence-corrected chi connectivity index (χ1v) is 6.35. The Labute approximate surface area is 104 Å². The number of nitrogens with one attached hydrogen (secondary N) is 1. The number of para-hydroxylation sites is 1. The van der Waals surface area contributed by atoms with Gasteiger partial charge in [-0.1, -0.05) is 18.2 Å². The van der Waals surface area contributed by atoms with Gasteiger partial charge in [0.15, 0.2) is 0 Å². The lowest BCUT2D eigenvalue weighted by Gasteiger charge is -2.34. The average Bonchev–Trinajstić information content (AvgIpc) is 2.29. The topological polar surface area (TPSA) is 18.5 Å². The van der Waals surface area contributed by atoms with Gasteiger partial charge in [0.2, 0.25) is 0 Å². The summed E-state index contributed by atoms with van der Waals surface area (Å²) >= 11 is 0. The van der Waals surface area contributed by atoms with E-state index in [-0.39, 0.29) is 0 Å². The Morgan fingerprint density at radius 1 is 1.41 bits per heavy atom. The van der Waals surface area contributed by atoms with Gasteiger partial charge in [-0.3, -0.25) is 0 Å². The van der Waals surface area contributed by atoms with Crippen LogP contribution in [0.2, 0.25) is 0 Å². The van der Waals surface area contributed by atoms with Gasteiger partial charge in [-0.2, -0.15) is 0 Å². The van der Waals surface area contributed by atoms with Gasteiger partial charge in [0.25, 0.3) is 0 Å². The molecule has 1 aromatic carbocycles. The molecule has 3 nitrogen and oxygen atoms in total. The zero-order valence-corrected chi connectivity index (χ0v) is 11.1. The zero-order valence-electron chi connectivity index (χ0n) is 11.1. The lowest BCUT2D eigenvalue weighted by molar-refractivity contribution is 0.241. The second-order valence-corrected chi connectivity index (χ2v) is 5.08. The van der Waals surface area contributed by atoms with Crippen molar-refractivity contribution in [3.05, 3.63) is 29.8 Å². The molecule has 1 N–H and O–H groups in total. The van der Waals surface area contributed by atoms with E-state index in [0.717, 1.165) is 26.2 Å². The van der Waals surface area contributed by atoms with Gasteiger partial charge < -0.3 is 15.1 Å². The van der Waals surface area contributed by atoms with Crippen molar-refractivity contribution in [1.82, 2.24) is 10.2 Å². The van der Waals surface area contributed by atoms with E-state index in [1.54, 1.807) is 0 Å². The summed E-state index contributed by atoms with van der Waals surface area (Å²) in [6.07, 6.45) is 0. The van der Waals surface area contributed by atoms with Gasteiger partial charge in [0, 0.05) is 45.0 Å². The standard InChI is InChI=1S/C14H23N3/c1-12-6-4-5-7-14(12)17(3)11-13-10-16(2)9-8-15-13/h4-7,13,15H,8-11H2,1-3H3. The van der Waals surface area contributed by atoms with Crippen LogP contribution in [0.15, 0.2) is 24.3 Å². The van der Waals surface area contributed by atoms with Crippen molar-refractivity contribution < 1.29 is 0 Å². The Morgan fingerprint density at radius 2 is 2.18 bits per heavy atom. The molecule has 2 rings (SSSR count). The van der Waals surface area contributed by atoms with Crippen LogP contribution in [-0.2, 0) is 0 Å². The summed E-state index contributed by atoms with van der Waals surface area (Å²) in [5, 5.41) is 3.59.